The van der Waals surface area contributed by atoms with Gasteiger partial charge in [-0.1, -0.05) is 0 Å². The van der Waals surface area contributed by atoms with Crippen molar-refractivity contribution in [3.63, 3.8) is 0 Å². The Kier molecular flexibility index (Phi) is 4.18. The number of carbonyl (C=O) groups is 1. The fourth-order valence-electron chi connectivity index (χ4n) is 1.54. The standard InChI is InChI=1S/C9H19N3O/c1-9(13)10-4-3-5-12-7-6-11(2)8-12/h3-8H2,1-2H3,(H,10,13). The van der Waals surface area contributed by atoms with E-state index in [1.54, 1.807) is 6.92 Å². The molecule has 0 aromatic rings. The van der Waals surface area contributed by atoms with Crippen molar-refractivity contribution in [2.24, 2.45) is 0 Å². The van der Waals surface area contributed by atoms with Gasteiger partial charge in [-0.3, -0.25) is 14.6 Å². The minimum atomic E-state index is 0.0681. The van der Waals surface area contributed by atoms with E-state index in [9.17, 15) is 4.79 Å². The van der Waals surface area contributed by atoms with Crippen molar-refractivity contribution in [3.05, 3.63) is 0 Å². The quantitative estimate of drug-likeness (QED) is 0.612. The molecule has 0 aromatic heterocycles. The Labute approximate surface area is 79.9 Å². The molecule has 0 spiro atoms. The van der Waals surface area contributed by atoms with Crippen LogP contribution in [0.2, 0.25) is 0 Å². The van der Waals surface area contributed by atoms with Gasteiger partial charge >= 0.3 is 0 Å². The molecule has 0 saturated carbocycles. The second kappa shape index (κ2) is 5.19. The van der Waals surface area contributed by atoms with E-state index in [-0.39, 0.29) is 5.91 Å². The molecule has 1 rings (SSSR count). The monoisotopic (exact) mass is 185 g/mol. The molecule has 0 atom stereocenters. The highest BCUT2D eigenvalue weighted by Gasteiger charge is 2.14. The van der Waals surface area contributed by atoms with Gasteiger partial charge in [0, 0.05) is 33.1 Å². The van der Waals surface area contributed by atoms with E-state index in [2.05, 4.69) is 22.2 Å². The van der Waals surface area contributed by atoms with Gasteiger partial charge in [0.25, 0.3) is 0 Å². The van der Waals surface area contributed by atoms with Gasteiger partial charge in [0.1, 0.15) is 0 Å². The molecule has 76 valence electrons. The molecule has 4 nitrogen and oxygen atoms in total. The van der Waals surface area contributed by atoms with Gasteiger partial charge in [0.05, 0.1) is 6.67 Å². The Morgan fingerprint density at radius 3 is 2.77 bits per heavy atom. The van der Waals surface area contributed by atoms with E-state index in [1.165, 1.54) is 6.54 Å². The molecule has 1 aliphatic heterocycles. The summed E-state index contributed by atoms with van der Waals surface area (Å²) in [6, 6.07) is 0. The number of hydrogen-bond acceptors (Lipinski definition) is 3. The molecule has 0 aromatic carbocycles. The van der Waals surface area contributed by atoms with Crippen LogP contribution in [0.4, 0.5) is 0 Å². The highest BCUT2D eigenvalue weighted by atomic mass is 16.1. The van der Waals surface area contributed by atoms with Crippen LogP contribution < -0.4 is 5.32 Å². The topological polar surface area (TPSA) is 35.6 Å². The second-order valence-corrected chi connectivity index (χ2v) is 3.68. The minimum absolute atomic E-state index is 0.0681. The van der Waals surface area contributed by atoms with Crippen LogP contribution in [0.25, 0.3) is 0 Å². The van der Waals surface area contributed by atoms with Crippen molar-refractivity contribution in [1.82, 2.24) is 15.1 Å². The number of nitrogens with one attached hydrogen (secondary N) is 1. The first-order chi connectivity index (χ1) is 6.18. The summed E-state index contributed by atoms with van der Waals surface area (Å²) in [7, 11) is 2.13. The first-order valence-electron chi connectivity index (χ1n) is 4.84. The van der Waals surface area contributed by atoms with Crippen LogP contribution in [0.3, 0.4) is 0 Å². The SMILES string of the molecule is CC(=O)NCCCN1CCN(C)C1. The lowest BCUT2D eigenvalue weighted by atomic mass is 10.4. The van der Waals surface area contributed by atoms with Crippen LogP contribution in [-0.2, 0) is 4.79 Å². The second-order valence-electron chi connectivity index (χ2n) is 3.68. The summed E-state index contributed by atoms with van der Waals surface area (Å²) < 4.78 is 0. The predicted molar refractivity (Wildman–Crippen MR) is 52.4 cm³/mol. The fraction of sp³-hybridized carbons (Fsp3) is 0.889. The number of likely N-dealkylation sites (N-methyl/N-ethyl adjacent to an activating group) is 1. The van der Waals surface area contributed by atoms with Crippen molar-refractivity contribution < 1.29 is 4.79 Å². The Bertz CT molecular complexity index is 172. The zero-order chi connectivity index (χ0) is 9.68. The van der Waals surface area contributed by atoms with Gasteiger partial charge in [-0.25, -0.2) is 0 Å². The van der Waals surface area contributed by atoms with Crippen LogP contribution in [0.1, 0.15) is 13.3 Å². The lowest BCUT2D eigenvalue weighted by Gasteiger charge is -2.14. The lowest BCUT2D eigenvalue weighted by molar-refractivity contribution is -0.118. The zero-order valence-electron chi connectivity index (χ0n) is 8.55. The maximum atomic E-state index is 10.6. The number of hydrogen-bond donors (Lipinski definition) is 1. The minimum Gasteiger partial charge on any atom is -0.356 e. The molecular weight excluding hydrogens is 166 g/mol. The Balaban J connectivity index is 1.97. The maximum Gasteiger partial charge on any atom is 0.216 e. The third-order valence-electron chi connectivity index (χ3n) is 2.26. The van der Waals surface area contributed by atoms with Crippen molar-refractivity contribution in [2.75, 3.05) is 39.9 Å². The van der Waals surface area contributed by atoms with Crippen LogP contribution >= 0.6 is 0 Å². The smallest absolute Gasteiger partial charge is 0.216 e. The van der Waals surface area contributed by atoms with Crippen LogP contribution in [0.15, 0.2) is 0 Å². The average Bonchev–Trinajstić information content (AvgIpc) is 2.45. The summed E-state index contributed by atoms with van der Waals surface area (Å²) in [5.74, 6) is 0.0681. The number of carbonyl (C=O) groups excluding carboxylic acids is 1. The van der Waals surface area contributed by atoms with Gasteiger partial charge in [-0.15, -0.1) is 0 Å². The van der Waals surface area contributed by atoms with E-state index in [0.29, 0.717) is 0 Å². The van der Waals surface area contributed by atoms with E-state index in [1.807, 2.05) is 0 Å². The molecule has 1 aliphatic rings. The first kappa shape index (κ1) is 10.5. The molecular formula is C9H19N3O. The highest BCUT2D eigenvalue weighted by molar-refractivity contribution is 5.72. The van der Waals surface area contributed by atoms with Crippen LogP contribution in [0.5, 0.6) is 0 Å². The molecule has 0 radical (unpaired) electrons. The van der Waals surface area contributed by atoms with Crippen molar-refractivity contribution >= 4 is 5.91 Å². The van der Waals surface area contributed by atoms with Crippen molar-refractivity contribution in [1.29, 1.82) is 0 Å². The average molecular weight is 185 g/mol. The molecule has 1 fully saturated rings. The third kappa shape index (κ3) is 4.24. The van der Waals surface area contributed by atoms with Crippen LogP contribution in [0, 0.1) is 0 Å². The van der Waals surface area contributed by atoms with E-state index in [4.69, 9.17) is 0 Å². The molecule has 1 amide bonds. The summed E-state index contributed by atoms with van der Waals surface area (Å²) in [6.07, 6.45) is 1.05. The summed E-state index contributed by atoms with van der Waals surface area (Å²) in [5, 5.41) is 2.80. The summed E-state index contributed by atoms with van der Waals surface area (Å²) in [6.45, 7) is 6.85. The first-order valence-corrected chi connectivity index (χ1v) is 4.84. The lowest BCUT2D eigenvalue weighted by Crippen LogP contribution is -2.28. The predicted octanol–water partition coefficient (Wildman–Crippen LogP) is -0.282. The van der Waals surface area contributed by atoms with Gasteiger partial charge < -0.3 is 5.32 Å². The van der Waals surface area contributed by atoms with Crippen LogP contribution in [-0.4, -0.2) is 55.6 Å². The van der Waals surface area contributed by atoms with Gasteiger partial charge in [0.15, 0.2) is 0 Å². The zero-order valence-corrected chi connectivity index (χ0v) is 8.55. The summed E-state index contributed by atoms with van der Waals surface area (Å²) in [5.41, 5.74) is 0. The molecule has 0 unspecified atom stereocenters. The van der Waals surface area contributed by atoms with Gasteiger partial charge in [-0.2, -0.15) is 0 Å². The summed E-state index contributed by atoms with van der Waals surface area (Å²) in [4.78, 5) is 15.3. The van der Waals surface area contributed by atoms with Crippen molar-refractivity contribution in [3.8, 4) is 0 Å². The van der Waals surface area contributed by atoms with E-state index in [0.717, 1.165) is 32.7 Å². The summed E-state index contributed by atoms with van der Waals surface area (Å²) >= 11 is 0. The largest absolute Gasteiger partial charge is 0.356 e. The Morgan fingerprint density at radius 2 is 2.23 bits per heavy atom. The number of rotatable bonds is 4. The third-order valence-corrected chi connectivity index (χ3v) is 2.26. The van der Waals surface area contributed by atoms with Gasteiger partial charge in [-0.05, 0) is 13.5 Å². The Hall–Kier alpha value is -0.610. The number of nitrogens with zero attached hydrogens (tertiary/aromatic N) is 2. The molecule has 1 N–H and O–H groups in total. The Morgan fingerprint density at radius 1 is 1.46 bits per heavy atom. The molecule has 13 heavy (non-hydrogen) atoms. The van der Waals surface area contributed by atoms with E-state index < -0.39 is 0 Å². The number of amides is 1. The van der Waals surface area contributed by atoms with Crippen molar-refractivity contribution in [2.45, 2.75) is 13.3 Å². The molecule has 1 saturated heterocycles. The highest BCUT2D eigenvalue weighted by Crippen LogP contribution is 2.01. The normalized spacial score (nSPS) is 19.2. The molecule has 1 heterocycles. The molecule has 0 bridgehead atoms. The van der Waals surface area contributed by atoms with E-state index >= 15 is 0 Å². The van der Waals surface area contributed by atoms with Gasteiger partial charge in [0.2, 0.25) is 5.91 Å². The molecule has 0 aliphatic carbocycles. The maximum absolute atomic E-state index is 10.6. The molecule has 4 heteroatoms. The fourth-order valence-corrected chi connectivity index (χ4v) is 1.54.